The summed E-state index contributed by atoms with van der Waals surface area (Å²) in [6.07, 6.45) is 5.38. The topological polar surface area (TPSA) is 81.7 Å². The van der Waals surface area contributed by atoms with Gasteiger partial charge in [0.15, 0.2) is 0 Å². The molecule has 0 radical (unpaired) electrons. The predicted molar refractivity (Wildman–Crippen MR) is 88.1 cm³/mol. The van der Waals surface area contributed by atoms with Crippen LogP contribution in [0, 0.1) is 12.3 Å². The standard InChI is InChI=1S/C18H21NO5/c1-4-13-7-9-14(10-8-13)17(21)19-15(18(22)24-6-3)11-12-16(20)23-5-2/h1,7-10,15H,5-6,11-12H2,2-3H3,(H,19,21)/t15-/m0/s1. The molecule has 0 bridgehead atoms. The second-order valence-electron chi connectivity index (χ2n) is 4.84. The summed E-state index contributed by atoms with van der Waals surface area (Å²) >= 11 is 0. The van der Waals surface area contributed by atoms with Crippen LogP contribution in [0.15, 0.2) is 24.3 Å². The number of esters is 2. The average Bonchev–Trinajstić information content (AvgIpc) is 2.58. The summed E-state index contributed by atoms with van der Waals surface area (Å²) in [5.74, 6) is 0.994. The van der Waals surface area contributed by atoms with E-state index in [1.807, 2.05) is 0 Å². The smallest absolute Gasteiger partial charge is 0.328 e. The molecule has 6 heteroatoms. The number of carbonyl (C=O) groups excluding carboxylic acids is 3. The molecule has 0 aliphatic carbocycles. The molecule has 0 aliphatic heterocycles. The first-order valence-corrected chi connectivity index (χ1v) is 7.71. The van der Waals surface area contributed by atoms with Gasteiger partial charge in [0, 0.05) is 17.5 Å². The maximum absolute atomic E-state index is 12.2. The molecule has 0 spiro atoms. The molecule has 0 unspecified atom stereocenters. The third-order valence-electron chi connectivity index (χ3n) is 3.13. The van der Waals surface area contributed by atoms with E-state index in [9.17, 15) is 14.4 Å². The normalized spacial score (nSPS) is 11.0. The van der Waals surface area contributed by atoms with E-state index < -0.39 is 23.9 Å². The molecule has 0 saturated carbocycles. The van der Waals surface area contributed by atoms with Gasteiger partial charge in [-0.3, -0.25) is 9.59 Å². The molecule has 1 rings (SSSR count). The molecular weight excluding hydrogens is 310 g/mol. The molecule has 0 heterocycles. The Labute approximate surface area is 141 Å². The first-order chi connectivity index (χ1) is 11.5. The maximum Gasteiger partial charge on any atom is 0.328 e. The first-order valence-electron chi connectivity index (χ1n) is 7.71. The van der Waals surface area contributed by atoms with Crippen LogP contribution < -0.4 is 5.32 Å². The maximum atomic E-state index is 12.2. The Balaban J connectivity index is 2.75. The van der Waals surface area contributed by atoms with E-state index in [1.54, 1.807) is 38.1 Å². The van der Waals surface area contributed by atoms with E-state index in [4.69, 9.17) is 15.9 Å². The molecule has 1 N–H and O–H groups in total. The SMILES string of the molecule is C#Cc1ccc(C(=O)N[C@@H](CCC(=O)OCC)C(=O)OCC)cc1. The van der Waals surface area contributed by atoms with Crippen molar-refractivity contribution in [2.75, 3.05) is 13.2 Å². The highest BCUT2D eigenvalue weighted by Crippen LogP contribution is 2.07. The number of terminal acetylenes is 1. The molecular formula is C18H21NO5. The van der Waals surface area contributed by atoms with E-state index >= 15 is 0 Å². The lowest BCUT2D eigenvalue weighted by atomic mass is 10.1. The number of ether oxygens (including phenoxy) is 2. The number of hydrogen-bond donors (Lipinski definition) is 1. The number of carbonyl (C=O) groups is 3. The van der Waals surface area contributed by atoms with E-state index in [1.165, 1.54) is 0 Å². The van der Waals surface area contributed by atoms with Crippen molar-refractivity contribution in [3.63, 3.8) is 0 Å². The lowest BCUT2D eigenvalue weighted by Crippen LogP contribution is -2.42. The number of benzene rings is 1. The monoisotopic (exact) mass is 331 g/mol. The first kappa shape index (κ1) is 19.2. The molecule has 6 nitrogen and oxygen atoms in total. The van der Waals surface area contributed by atoms with Crippen molar-refractivity contribution in [2.45, 2.75) is 32.7 Å². The van der Waals surface area contributed by atoms with Crippen LogP contribution in [0.3, 0.4) is 0 Å². The Morgan fingerprint density at radius 1 is 1.12 bits per heavy atom. The number of hydrogen-bond acceptors (Lipinski definition) is 5. The van der Waals surface area contributed by atoms with Crippen molar-refractivity contribution < 1.29 is 23.9 Å². The molecule has 0 aliphatic rings. The van der Waals surface area contributed by atoms with Crippen LogP contribution in [0.5, 0.6) is 0 Å². The summed E-state index contributed by atoms with van der Waals surface area (Å²) in [6.45, 7) is 3.81. The molecule has 1 aromatic carbocycles. The summed E-state index contributed by atoms with van der Waals surface area (Å²) in [5, 5.41) is 2.58. The summed E-state index contributed by atoms with van der Waals surface area (Å²) in [4.78, 5) is 35.7. The Morgan fingerprint density at radius 2 is 1.75 bits per heavy atom. The summed E-state index contributed by atoms with van der Waals surface area (Å²) < 4.78 is 9.76. The second-order valence-corrected chi connectivity index (χ2v) is 4.84. The van der Waals surface area contributed by atoms with Crippen LogP contribution in [0.1, 0.15) is 42.6 Å². The molecule has 0 saturated heterocycles. The number of amides is 1. The van der Waals surface area contributed by atoms with Crippen LogP contribution in [-0.4, -0.2) is 37.1 Å². The minimum atomic E-state index is -0.922. The van der Waals surface area contributed by atoms with Gasteiger partial charge in [0.25, 0.3) is 5.91 Å². The molecule has 1 atom stereocenters. The Morgan fingerprint density at radius 3 is 2.29 bits per heavy atom. The molecule has 128 valence electrons. The van der Waals surface area contributed by atoms with Crippen molar-refractivity contribution in [2.24, 2.45) is 0 Å². The van der Waals surface area contributed by atoms with Crippen molar-refractivity contribution in [3.8, 4) is 12.3 Å². The number of nitrogens with one attached hydrogen (secondary N) is 1. The van der Waals surface area contributed by atoms with Gasteiger partial charge < -0.3 is 14.8 Å². The highest BCUT2D eigenvalue weighted by Gasteiger charge is 2.23. The van der Waals surface area contributed by atoms with Gasteiger partial charge in [0.2, 0.25) is 0 Å². The lowest BCUT2D eigenvalue weighted by molar-refractivity contribution is -0.146. The quantitative estimate of drug-likeness (QED) is 0.579. The van der Waals surface area contributed by atoms with E-state index in [0.717, 1.165) is 0 Å². The van der Waals surface area contributed by atoms with E-state index in [-0.39, 0.29) is 26.1 Å². The van der Waals surface area contributed by atoms with Gasteiger partial charge in [0.05, 0.1) is 13.2 Å². The average molecular weight is 331 g/mol. The van der Waals surface area contributed by atoms with Gasteiger partial charge in [-0.25, -0.2) is 4.79 Å². The minimum absolute atomic E-state index is 0.00757. The minimum Gasteiger partial charge on any atom is -0.466 e. The summed E-state index contributed by atoms with van der Waals surface area (Å²) in [6, 6.07) is 5.48. The van der Waals surface area contributed by atoms with Crippen LogP contribution in [-0.2, 0) is 19.1 Å². The molecule has 1 amide bonds. The largest absolute Gasteiger partial charge is 0.466 e. The van der Waals surface area contributed by atoms with Crippen LogP contribution in [0.25, 0.3) is 0 Å². The second kappa shape index (κ2) is 10.1. The van der Waals surface area contributed by atoms with Crippen LogP contribution >= 0.6 is 0 Å². The Bertz CT molecular complexity index is 615. The molecule has 24 heavy (non-hydrogen) atoms. The number of rotatable bonds is 8. The third kappa shape index (κ3) is 6.13. The third-order valence-corrected chi connectivity index (χ3v) is 3.13. The highest BCUT2D eigenvalue weighted by molar-refractivity contribution is 5.97. The zero-order valence-corrected chi connectivity index (χ0v) is 13.8. The molecule has 0 aromatic heterocycles. The summed E-state index contributed by atoms with van der Waals surface area (Å²) in [7, 11) is 0. The molecule has 1 aromatic rings. The van der Waals surface area contributed by atoms with Gasteiger partial charge in [-0.1, -0.05) is 5.92 Å². The van der Waals surface area contributed by atoms with Crippen LogP contribution in [0.4, 0.5) is 0 Å². The van der Waals surface area contributed by atoms with Crippen molar-refractivity contribution in [3.05, 3.63) is 35.4 Å². The fourth-order valence-electron chi connectivity index (χ4n) is 1.95. The van der Waals surface area contributed by atoms with Crippen LogP contribution in [0.2, 0.25) is 0 Å². The van der Waals surface area contributed by atoms with Crippen molar-refractivity contribution in [1.82, 2.24) is 5.32 Å². The van der Waals surface area contributed by atoms with Gasteiger partial charge in [0.1, 0.15) is 6.04 Å². The van der Waals surface area contributed by atoms with Gasteiger partial charge in [-0.15, -0.1) is 6.42 Å². The molecule has 0 fully saturated rings. The zero-order valence-electron chi connectivity index (χ0n) is 13.8. The summed E-state index contributed by atoms with van der Waals surface area (Å²) in [5.41, 5.74) is 1.01. The lowest BCUT2D eigenvalue weighted by Gasteiger charge is -2.17. The van der Waals surface area contributed by atoms with E-state index in [0.29, 0.717) is 11.1 Å². The fraction of sp³-hybridized carbons (Fsp3) is 0.389. The van der Waals surface area contributed by atoms with Gasteiger partial charge in [-0.05, 0) is 44.5 Å². The predicted octanol–water partition coefficient (Wildman–Crippen LogP) is 1.67. The Kier molecular flexibility index (Phi) is 8.06. The van der Waals surface area contributed by atoms with Crippen molar-refractivity contribution >= 4 is 17.8 Å². The highest BCUT2D eigenvalue weighted by atomic mass is 16.5. The van der Waals surface area contributed by atoms with Gasteiger partial charge >= 0.3 is 11.9 Å². The fourth-order valence-corrected chi connectivity index (χ4v) is 1.95. The zero-order chi connectivity index (χ0) is 17.9. The van der Waals surface area contributed by atoms with E-state index in [2.05, 4.69) is 11.2 Å². The van der Waals surface area contributed by atoms with Crippen molar-refractivity contribution in [1.29, 1.82) is 0 Å². The Hall–Kier alpha value is -2.81. The van der Waals surface area contributed by atoms with Gasteiger partial charge in [-0.2, -0.15) is 0 Å².